The third-order valence-electron chi connectivity index (χ3n) is 5.41. The van der Waals surface area contributed by atoms with Gasteiger partial charge in [0.05, 0.1) is 12.2 Å². The number of amides is 1. The smallest absolute Gasteiger partial charge is 0.270 e. The Bertz CT molecular complexity index is 1240. The minimum absolute atomic E-state index is 0.0359. The number of methoxy groups -OCH3 is 1. The molecule has 0 spiro atoms. The van der Waals surface area contributed by atoms with Crippen molar-refractivity contribution >= 4 is 11.6 Å². The Morgan fingerprint density at radius 1 is 1.33 bits per heavy atom. The number of rotatable bonds is 5. The fraction of sp³-hybridized carbons (Fsp3) is 0.273. The summed E-state index contributed by atoms with van der Waals surface area (Å²) in [5, 5.41) is 7.19. The number of hydrogen-bond donors (Lipinski definition) is 1. The van der Waals surface area contributed by atoms with E-state index in [9.17, 15) is 4.79 Å². The van der Waals surface area contributed by atoms with Gasteiger partial charge in [0.15, 0.2) is 0 Å². The SMILES string of the molecule is COCc1nc(-c2ccc3c(c2)CCC3NC(=O)c2cnc3ccc(C)cn23)no1. The third-order valence-corrected chi connectivity index (χ3v) is 5.41. The summed E-state index contributed by atoms with van der Waals surface area (Å²) in [6.07, 6.45) is 5.27. The van der Waals surface area contributed by atoms with Gasteiger partial charge in [-0.25, -0.2) is 4.98 Å². The van der Waals surface area contributed by atoms with Crippen LogP contribution >= 0.6 is 0 Å². The van der Waals surface area contributed by atoms with Gasteiger partial charge in [-0.2, -0.15) is 4.98 Å². The van der Waals surface area contributed by atoms with Crippen LogP contribution in [0.1, 0.15) is 45.5 Å². The fourth-order valence-electron chi connectivity index (χ4n) is 3.95. The molecule has 0 saturated heterocycles. The largest absolute Gasteiger partial charge is 0.375 e. The predicted molar refractivity (Wildman–Crippen MR) is 109 cm³/mol. The van der Waals surface area contributed by atoms with Crippen LogP contribution in [0, 0.1) is 6.92 Å². The van der Waals surface area contributed by atoms with Crippen molar-refractivity contribution in [3.63, 3.8) is 0 Å². The molecule has 3 aromatic heterocycles. The highest BCUT2D eigenvalue weighted by molar-refractivity contribution is 5.93. The van der Waals surface area contributed by atoms with Crippen molar-refractivity contribution in [3.8, 4) is 11.4 Å². The van der Waals surface area contributed by atoms with Gasteiger partial charge in [0.1, 0.15) is 17.9 Å². The summed E-state index contributed by atoms with van der Waals surface area (Å²) in [5.74, 6) is 0.859. The highest BCUT2D eigenvalue weighted by atomic mass is 16.5. The lowest BCUT2D eigenvalue weighted by molar-refractivity contribution is 0.0931. The summed E-state index contributed by atoms with van der Waals surface area (Å²) < 4.78 is 12.0. The predicted octanol–water partition coefficient (Wildman–Crippen LogP) is 3.26. The van der Waals surface area contributed by atoms with Crippen molar-refractivity contribution < 1.29 is 14.1 Å². The Labute approximate surface area is 172 Å². The molecule has 8 nitrogen and oxygen atoms in total. The van der Waals surface area contributed by atoms with E-state index >= 15 is 0 Å². The van der Waals surface area contributed by atoms with Gasteiger partial charge in [0, 0.05) is 18.9 Å². The van der Waals surface area contributed by atoms with E-state index in [4.69, 9.17) is 9.26 Å². The highest BCUT2D eigenvalue weighted by Crippen LogP contribution is 2.34. The second kappa shape index (κ2) is 7.38. The monoisotopic (exact) mass is 403 g/mol. The number of benzene rings is 1. The van der Waals surface area contributed by atoms with Crippen LogP contribution in [0.15, 0.2) is 47.2 Å². The van der Waals surface area contributed by atoms with Gasteiger partial charge in [-0.15, -0.1) is 0 Å². The van der Waals surface area contributed by atoms with E-state index in [1.165, 1.54) is 5.56 Å². The lowest BCUT2D eigenvalue weighted by Gasteiger charge is -2.14. The molecule has 0 radical (unpaired) electrons. The molecule has 4 aromatic rings. The Hall–Kier alpha value is -3.52. The molecule has 1 atom stereocenters. The van der Waals surface area contributed by atoms with Crippen molar-refractivity contribution in [2.75, 3.05) is 7.11 Å². The average Bonchev–Trinajstić information content (AvgIpc) is 3.46. The number of nitrogens with zero attached hydrogens (tertiary/aromatic N) is 4. The van der Waals surface area contributed by atoms with Gasteiger partial charge in [-0.05, 0) is 48.6 Å². The molecular formula is C22H21N5O3. The minimum Gasteiger partial charge on any atom is -0.375 e. The number of hydrogen-bond acceptors (Lipinski definition) is 6. The molecule has 1 aliphatic rings. The van der Waals surface area contributed by atoms with Crippen LogP contribution in [-0.2, 0) is 17.8 Å². The second-order valence-electron chi connectivity index (χ2n) is 7.50. The number of fused-ring (bicyclic) bond motifs is 2. The average molecular weight is 403 g/mol. The van der Waals surface area contributed by atoms with Crippen molar-refractivity contribution in [1.29, 1.82) is 0 Å². The molecule has 3 heterocycles. The molecule has 152 valence electrons. The van der Waals surface area contributed by atoms with Gasteiger partial charge in [0.25, 0.3) is 11.8 Å². The van der Waals surface area contributed by atoms with Gasteiger partial charge >= 0.3 is 0 Å². The normalized spacial score (nSPS) is 15.5. The minimum atomic E-state index is -0.127. The van der Waals surface area contributed by atoms with Crippen molar-refractivity contribution in [3.05, 3.63) is 71.0 Å². The zero-order chi connectivity index (χ0) is 20.7. The molecule has 1 aliphatic carbocycles. The Kier molecular flexibility index (Phi) is 4.55. The van der Waals surface area contributed by atoms with Crippen LogP contribution in [0.5, 0.6) is 0 Å². The topological polar surface area (TPSA) is 94.5 Å². The molecule has 30 heavy (non-hydrogen) atoms. The summed E-state index contributed by atoms with van der Waals surface area (Å²) >= 11 is 0. The number of aromatic nitrogens is 4. The van der Waals surface area contributed by atoms with Gasteiger partial charge in [0.2, 0.25) is 5.82 Å². The lowest BCUT2D eigenvalue weighted by atomic mass is 10.0. The zero-order valence-corrected chi connectivity index (χ0v) is 16.8. The maximum Gasteiger partial charge on any atom is 0.270 e. The number of carbonyl (C=O) groups excluding carboxylic acids is 1. The van der Waals surface area contributed by atoms with Crippen LogP contribution in [0.2, 0.25) is 0 Å². The maximum absolute atomic E-state index is 12.9. The molecule has 0 fully saturated rings. The highest BCUT2D eigenvalue weighted by Gasteiger charge is 2.26. The van der Waals surface area contributed by atoms with E-state index < -0.39 is 0 Å². The quantitative estimate of drug-likeness (QED) is 0.550. The first kappa shape index (κ1) is 18.5. The van der Waals surface area contributed by atoms with Crippen LogP contribution < -0.4 is 5.32 Å². The lowest BCUT2D eigenvalue weighted by Crippen LogP contribution is -2.28. The van der Waals surface area contributed by atoms with Gasteiger partial charge in [-0.1, -0.05) is 23.4 Å². The Morgan fingerprint density at radius 3 is 3.10 bits per heavy atom. The fourth-order valence-corrected chi connectivity index (χ4v) is 3.95. The molecule has 8 heteroatoms. The van der Waals surface area contributed by atoms with Crippen molar-refractivity contribution in [1.82, 2.24) is 24.8 Å². The van der Waals surface area contributed by atoms with Gasteiger partial charge in [-0.3, -0.25) is 9.20 Å². The third kappa shape index (κ3) is 3.25. The summed E-state index contributed by atoms with van der Waals surface area (Å²) in [4.78, 5) is 21.6. The second-order valence-corrected chi connectivity index (χ2v) is 7.50. The molecule has 1 N–H and O–H groups in total. The Balaban J connectivity index is 1.36. The van der Waals surface area contributed by atoms with E-state index in [1.54, 1.807) is 13.3 Å². The summed E-state index contributed by atoms with van der Waals surface area (Å²) in [5.41, 5.74) is 5.57. The standard InChI is InChI=1S/C22H21N5O3/c1-13-3-8-19-23-10-18(27(19)11-13)22(28)24-17-7-5-14-9-15(4-6-16(14)17)21-25-20(12-29-2)30-26-21/h3-4,6,8-11,17H,5,7,12H2,1-2H3,(H,24,28). The van der Waals surface area contributed by atoms with Crippen molar-refractivity contribution in [2.45, 2.75) is 32.4 Å². The molecule has 1 aromatic carbocycles. The van der Waals surface area contributed by atoms with E-state index in [0.717, 1.165) is 35.2 Å². The van der Waals surface area contributed by atoms with Gasteiger partial charge < -0.3 is 14.6 Å². The first-order valence-electron chi connectivity index (χ1n) is 9.81. The molecule has 5 rings (SSSR count). The van der Waals surface area contributed by atoms with E-state index in [0.29, 0.717) is 17.4 Å². The maximum atomic E-state index is 12.9. The first-order chi connectivity index (χ1) is 14.6. The molecule has 0 saturated carbocycles. The number of imidazole rings is 1. The number of pyridine rings is 1. The van der Waals surface area contributed by atoms with Crippen LogP contribution in [0.3, 0.4) is 0 Å². The number of nitrogens with one attached hydrogen (secondary N) is 1. The summed E-state index contributed by atoms with van der Waals surface area (Å²) in [6.45, 7) is 2.28. The zero-order valence-electron chi connectivity index (χ0n) is 16.8. The van der Waals surface area contributed by atoms with Crippen LogP contribution in [0.4, 0.5) is 0 Å². The molecule has 0 bridgehead atoms. The first-order valence-corrected chi connectivity index (χ1v) is 9.81. The Morgan fingerprint density at radius 2 is 2.23 bits per heavy atom. The summed E-state index contributed by atoms with van der Waals surface area (Å²) in [6, 6.07) is 9.92. The van der Waals surface area contributed by atoms with Crippen LogP contribution in [-0.4, -0.2) is 32.5 Å². The number of carbonyl (C=O) groups is 1. The van der Waals surface area contributed by atoms with E-state index in [-0.39, 0.29) is 18.6 Å². The van der Waals surface area contributed by atoms with E-state index in [2.05, 4.69) is 26.5 Å². The summed E-state index contributed by atoms with van der Waals surface area (Å²) in [7, 11) is 1.59. The molecule has 1 unspecified atom stereocenters. The molecule has 1 amide bonds. The van der Waals surface area contributed by atoms with Crippen molar-refractivity contribution in [2.24, 2.45) is 0 Å². The molecular weight excluding hydrogens is 382 g/mol. The van der Waals surface area contributed by atoms with Crippen LogP contribution in [0.25, 0.3) is 17.0 Å². The number of ether oxygens (including phenoxy) is 1. The number of aryl methyl sites for hydroxylation is 2. The molecule has 0 aliphatic heterocycles. The van der Waals surface area contributed by atoms with E-state index in [1.807, 2.05) is 41.8 Å².